The van der Waals surface area contributed by atoms with E-state index in [9.17, 15) is 0 Å². The largest absolute Gasteiger partial charge is 0.490 e. The Morgan fingerprint density at radius 3 is 2.62 bits per heavy atom. The predicted octanol–water partition coefficient (Wildman–Crippen LogP) is 6.10. The van der Waals surface area contributed by atoms with Gasteiger partial charge in [0.25, 0.3) is 0 Å². The maximum absolute atomic E-state index is 5.72. The summed E-state index contributed by atoms with van der Waals surface area (Å²) in [7, 11) is 0. The van der Waals surface area contributed by atoms with Gasteiger partial charge in [-0.1, -0.05) is 28.6 Å². The van der Waals surface area contributed by atoms with Crippen molar-refractivity contribution in [2.75, 3.05) is 18.5 Å². The maximum atomic E-state index is 5.72. The summed E-state index contributed by atoms with van der Waals surface area (Å²) >= 11 is 7.06. The van der Waals surface area contributed by atoms with Gasteiger partial charge in [-0.15, -0.1) is 0 Å². The minimum atomic E-state index is 0.439. The number of rotatable bonds is 8. The molecule has 0 aliphatic heterocycles. The fourth-order valence-electron chi connectivity index (χ4n) is 2.29. The van der Waals surface area contributed by atoms with Gasteiger partial charge in [0.05, 0.1) is 11.1 Å². The van der Waals surface area contributed by atoms with Crippen LogP contribution in [0.25, 0.3) is 0 Å². The second kappa shape index (κ2) is 9.14. The number of nitrogens with one attached hydrogen (secondary N) is 1. The summed E-state index contributed by atoms with van der Waals surface area (Å²) in [4.78, 5) is 0. The first-order chi connectivity index (χ1) is 11.5. The van der Waals surface area contributed by atoms with E-state index in [0.717, 1.165) is 25.9 Å². The highest BCUT2D eigenvalue weighted by Gasteiger charge is 2.12. The zero-order valence-electron chi connectivity index (χ0n) is 13.9. The van der Waals surface area contributed by atoms with Gasteiger partial charge in [-0.25, -0.2) is 0 Å². The van der Waals surface area contributed by atoms with Crippen molar-refractivity contribution in [2.45, 2.75) is 20.4 Å². The summed E-state index contributed by atoms with van der Waals surface area (Å²) in [5.74, 6) is 1.44. The summed E-state index contributed by atoms with van der Waals surface area (Å²) in [6, 6.07) is 10.2. The molecule has 0 atom stereocenters. The van der Waals surface area contributed by atoms with E-state index in [2.05, 4.69) is 62.8 Å². The van der Waals surface area contributed by atoms with Crippen LogP contribution in [0.3, 0.4) is 0 Å². The first-order valence-electron chi connectivity index (χ1n) is 7.74. The second-order valence-electron chi connectivity index (χ2n) is 5.25. The SMILES string of the molecule is C=CCOc1c(Br)cc(CNc2ccc(Br)cc2C)cc1OCC. The van der Waals surface area contributed by atoms with Crippen molar-refractivity contribution in [3.05, 3.63) is 63.1 Å². The van der Waals surface area contributed by atoms with Crippen LogP contribution in [0, 0.1) is 6.92 Å². The van der Waals surface area contributed by atoms with Crippen molar-refractivity contribution >= 4 is 37.5 Å². The second-order valence-corrected chi connectivity index (χ2v) is 7.02. The Labute approximate surface area is 160 Å². The van der Waals surface area contributed by atoms with Crippen LogP contribution >= 0.6 is 31.9 Å². The Morgan fingerprint density at radius 2 is 1.96 bits per heavy atom. The van der Waals surface area contributed by atoms with Crippen LogP contribution in [0.4, 0.5) is 5.69 Å². The van der Waals surface area contributed by atoms with Crippen molar-refractivity contribution in [3.63, 3.8) is 0 Å². The van der Waals surface area contributed by atoms with Crippen LogP contribution in [0.15, 0.2) is 51.9 Å². The topological polar surface area (TPSA) is 30.5 Å². The molecule has 0 aliphatic rings. The van der Waals surface area contributed by atoms with Gasteiger partial charge in [-0.3, -0.25) is 0 Å². The Kier molecular flexibility index (Phi) is 7.18. The average Bonchev–Trinajstić information content (AvgIpc) is 2.53. The number of benzene rings is 2. The Bertz CT molecular complexity index is 717. The van der Waals surface area contributed by atoms with Crippen molar-refractivity contribution in [3.8, 4) is 11.5 Å². The molecule has 1 N–H and O–H groups in total. The van der Waals surface area contributed by atoms with Gasteiger partial charge in [0.1, 0.15) is 6.61 Å². The zero-order chi connectivity index (χ0) is 17.5. The third-order valence-corrected chi connectivity index (χ3v) is 4.47. The summed E-state index contributed by atoms with van der Waals surface area (Å²) in [5.41, 5.74) is 3.41. The van der Waals surface area contributed by atoms with E-state index in [0.29, 0.717) is 25.5 Å². The lowest BCUT2D eigenvalue weighted by atomic mass is 10.1. The standard InChI is InChI=1S/C19H21Br2NO2/c1-4-8-24-19-16(21)10-14(11-18(19)23-5-2)12-22-17-7-6-15(20)9-13(17)3/h4,6-7,9-11,22H,1,5,8,12H2,2-3H3. The quantitative estimate of drug-likeness (QED) is 0.489. The normalized spacial score (nSPS) is 10.3. The molecule has 0 amide bonds. The summed E-state index contributed by atoms with van der Waals surface area (Å²) in [6.45, 7) is 9.44. The molecule has 24 heavy (non-hydrogen) atoms. The molecule has 0 aliphatic carbocycles. The molecular weight excluding hydrogens is 434 g/mol. The van der Waals surface area contributed by atoms with Crippen molar-refractivity contribution in [1.82, 2.24) is 0 Å². The molecule has 2 rings (SSSR count). The van der Waals surface area contributed by atoms with Gasteiger partial charge in [-0.2, -0.15) is 0 Å². The molecule has 5 heteroatoms. The Hall–Kier alpha value is -1.46. The smallest absolute Gasteiger partial charge is 0.175 e. The molecule has 2 aromatic carbocycles. The summed E-state index contributed by atoms with van der Waals surface area (Å²) < 4.78 is 13.4. The van der Waals surface area contributed by atoms with Crippen LogP contribution < -0.4 is 14.8 Å². The number of hydrogen-bond donors (Lipinski definition) is 1. The minimum absolute atomic E-state index is 0.439. The molecule has 0 bridgehead atoms. The van der Waals surface area contributed by atoms with E-state index in [4.69, 9.17) is 9.47 Å². The first-order valence-corrected chi connectivity index (χ1v) is 9.32. The van der Waals surface area contributed by atoms with Gasteiger partial charge < -0.3 is 14.8 Å². The number of aryl methyl sites for hydroxylation is 1. The third kappa shape index (κ3) is 5.02. The molecule has 0 spiro atoms. The molecule has 0 radical (unpaired) electrons. The molecule has 3 nitrogen and oxygen atoms in total. The molecule has 0 fully saturated rings. The van der Waals surface area contributed by atoms with Crippen LogP contribution in [-0.2, 0) is 6.54 Å². The van der Waals surface area contributed by atoms with Crippen molar-refractivity contribution in [2.24, 2.45) is 0 Å². The predicted molar refractivity (Wildman–Crippen MR) is 107 cm³/mol. The lowest BCUT2D eigenvalue weighted by Gasteiger charge is -2.16. The highest BCUT2D eigenvalue weighted by Crippen LogP contribution is 2.37. The van der Waals surface area contributed by atoms with E-state index in [1.807, 2.05) is 25.1 Å². The molecule has 0 heterocycles. The van der Waals surface area contributed by atoms with E-state index in [1.165, 1.54) is 5.56 Å². The molecule has 0 saturated carbocycles. The van der Waals surface area contributed by atoms with Crippen LogP contribution in [0.5, 0.6) is 11.5 Å². The van der Waals surface area contributed by atoms with Crippen molar-refractivity contribution in [1.29, 1.82) is 0 Å². The van der Waals surface area contributed by atoms with Gasteiger partial charge in [0.15, 0.2) is 11.5 Å². The number of anilines is 1. The van der Waals surface area contributed by atoms with Crippen molar-refractivity contribution < 1.29 is 9.47 Å². The minimum Gasteiger partial charge on any atom is -0.490 e. The Morgan fingerprint density at radius 1 is 1.17 bits per heavy atom. The maximum Gasteiger partial charge on any atom is 0.175 e. The van der Waals surface area contributed by atoms with E-state index in [1.54, 1.807) is 6.08 Å². The lowest BCUT2D eigenvalue weighted by molar-refractivity contribution is 0.295. The van der Waals surface area contributed by atoms with E-state index >= 15 is 0 Å². The van der Waals surface area contributed by atoms with Crippen LogP contribution in [-0.4, -0.2) is 13.2 Å². The van der Waals surface area contributed by atoms with E-state index in [-0.39, 0.29) is 0 Å². The average molecular weight is 455 g/mol. The summed E-state index contributed by atoms with van der Waals surface area (Å²) in [6.07, 6.45) is 1.72. The highest BCUT2D eigenvalue weighted by molar-refractivity contribution is 9.10. The molecular formula is C19H21Br2NO2. The Balaban J connectivity index is 2.19. The van der Waals surface area contributed by atoms with Crippen LogP contribution in [0.2, 0.25) is 0 Å². The van der Waals surface area contributed by atoms with Gasteiger partial charge in [0.2, 0.25) is 0 Å². The molecule has 2 aromatic rings. The fraction of sp³-hybridized carbons (Fsp3) is 0.263. The number of halogens is 2. The summed E-state index contributed by atoms with van der Waals surface area (Å²) in [5, 5.41) is 3.46. The van der Waals surface area contributed by atoms with E-state index < -0.39 is 0 Å². The van der Waals surface area contributed by atoms with Crippen LogP contribution in [0.1, 0.15) is 18.1 Å². The van der Waals surface area contributed by atoms with Gasteiger partial charge in [0, 0.05) is 16.7 Å². The number of ether oxygens (including phenoxy) is 2. The number of hydrogen-bond acceptors (Lipinski definition) is 3. The molecule has 0 aromatic heterocycles. The monoisotopic (exact) mass is 453 g/mol. The molecule has 128 valence electrons. The van der Waals surface area contributed by atoms with Gasteiger partial charge in [-0.05, 0) is 71.2 Å². The zero-order valence-corrected chi connectivity index (χ0v) is 17.0. The molecule has 0 saturated heterocycles. The fourth-order valence-corrected chi connectivity index (χ4v) is 3.37. The van der Waals surface area contributed by atoms with Gasteiger partial charge >= 0.3 is 0 Å². The third-order valence-electron chi connectivity index (χ3n) is 3.39. The highest BCUT2D eigenvalue weighted by atomic mass is 79.9. The molecule has 0 unspecified atom stereocenters. The first kappa shape index (κ1) is 18.9. The lowest BCUT2D eigenvalue weighted by Crippen LogP contribution is -2.04.